The SMILES string of the molecule is Nc1cc2c3c(c(-c4ccccc4)[nH]c3c1)C=NNC2=O.O=C(O)C1CC1c1cn(C(c2ccccc2)(c2ccccc2)c2ccccc2)cn1.O=C1NN=Cc2c(-c3ccccc3)[nH]c3cc(NC(=O)C4CC4c4cn(C(c5ccccc5)(c5ccccc5)c5ccccc5)cn4)cc1c23. The molecule has 3 amide bonds. The van der Waals surface area contributed by atoms with Crippen LogP contribution >= 0.6 is 0 Å². The highest BCUT2D eigenvalue weighted by Crippen LogP contribution is 2.51. The Bertz CT molecular complexity index is 5270. The van der Waals surface area contributed by atoms with Crippen molar-refractivity contribution in [3.05, 3.63) is 359 Å². The second-order valence-electron chi connectivity index (χ2n) is 25.6. The van der Waals surface area contributed by atoms with Gasteiger partial charge in [0.1, 0.15) is 11.1 Å². The monoisotopic (exact) mass is 1320 g/mol. The molecule has 4 aliphatic rings. The second kappa shape index (κ2) is 26.3. The van der Waals surface area contributed by atoms with E-state index in [1.807, 2.05) is 128 Å². The van der Waals surface area contributed by atoms with Crippen LogP contribution in [0.25, 0.3) is 44.3 Å². The Kier molecular flexibility index (Phi) is 16.3. The van der Waals surface area contributed by atoms with Gasteiger partial charge < -0.3 is 35.3 Å². The highest BCUT2D eigenvalue weighted by atomic mass is 16.4. The molecule has 2 aliphatic carbocycles. The van der Waals surface area contributed by atoms with Crippen LogP contribution in [0.3, 0.4) is 0 Å². The van der Waals surface area contributed by atoms with Crippen molar-refractivity contribution in [3.8, 4) is 22.5 Å². The number of imidazole rings is 2. The van der Waals surface area contributed by atoms with Crippen LogP contribution in [-0.2, 0) is 20.7 Å². The number of H-pyrrole nitrogens is 2. The van der Waals surface area contributed by atoms with E-state index in [1.54, 1.807) is 24.6 Å². The Labute approximate surface area is 580 Å². The van der Waals surface area contributed by atoms with Crippen molar-refractivity contribution in [2.75, 3.05) is 11.1 Å². The number of aromatic nitrogens is 6. The van der Waals surface area contributed by atoms with Gasteiger partial charge in [0.25, 0.3) is 11.8 Å². The largest absolute Gasteiger partial charge is 0.481 e. The summed E-state index contributed by atoms with van der Waals surface area (Å²) in [4.78, 5) is 66.7. The molecule has 2 aliphatic heterocycles. The quantitative estimate of drug-likeness (QED) is 0.0384. The molecular weight excluding hydrogens is 1260 g/mol. The number of aromatic amines is 2. The third-order valence-corrected chi connectivity index (χ3v) is 19.6. The molecule has 17 heteroatoms. The zero-order chi connectivity index (χ0) is 68.6. The van der Waals surface area contributed by atoms with E-state index >= 15 is 0 Å². The summed E-state index contributed by atoms with van der Waals surface area (Å²) in [6, 6.07) is 89.6. The van der Waals surface area contributed by atoms with Gasteiger partial charge in [-0.3, -0.25) is 19.2 Å². The van der Waals surface area contributed by atoms with Crippen LogP contribution in [-0.4, -0.2) is 70.3 Å². The maximum Gasteiger partial charge on any atom is 0.307 e. The van der Waals surface area contributed by atoms with Gasteiger partial charge in [0.05, 0.1) is 64.9 Å². The molecular formula is C84H66N12O5. The molecule has 6 heterocycles. The summed E-state index contributed by atoms with van der Waals surface area (Å²) < 4.78 is 4.32. The van der Waals surface area contributed by atoms with Gasteiger partial charge in [-0.2, -0.15) is 10.2 Å². The Morgan fingerprint density at radius 3 is 1.18 bits per heavy atom. The van der Waals surface area contributed by atoms with Crippen LogP contribution in [0.4, 0.5) is 11.4 Å². The number of nitrogen functional groups attached to an aromatic ring is 1. The number of carboxylic acids is 1. The van der Waals surface area contributed by atoms with Crippen LogP contribution < -0.4 is 21.9 Å². The van der Waals surface area contributed by atoms with Gasteiger partial charge >= 0.3 is 5.97 Å². The average Bonchev–Trinajstić information content (AvgIpc) is 1.72. The van der Waals surface area contributed by atoms with Gasteiger partial charge in [-0.05, 0) is 81.6 Å². The van der Waals surface area contributed by atoms with Gasteiger partial charge in [0, 0.05) is 74.5 Å². The standard InChI is InChI=1S/C42H32N6O2.C26H22N2O2.C16H12N4O/c49-40(45-31-21-34-38-35(24-44-47-41(34)50)39(46-36(38)22-31)27-13-5-1-6-14-27)33-23-32(33)37-25-48(26-43-37)42(28-15-7-2-8-16-28,29-17-9-3-10-18-29)30-19-11-4-12-20-30;29-25(30)23-16-22(23)24-17-28(18-27-24)26(19-10-4-1-5-11-19,20-12-6-2-7-13-20)21-14-8-3-9-15-21;17-10-6-11-14-12(8-18-20-16(11)21)15(19-13(14)7-10)9-4-2-1-3-5-9/h1-22,24-26,32-33,46H,23H2,(H,45,49)(H,47,50);1-15,17-18,22-23H,16H2,(H,29,30);1-8,19H,17H2,(H,20,21). The number of carbonyl (C=O) groups is 4. The zero-order valence-electron chi connectivity index (χ0n) is 54.4. The van der Waals surface area contributed by atoms with Gasteiger partial charge in [-0.1, -0.05) is 243 Å². The van der Waals surface area contributed by atoms with Crippen LogP contribution in [0, 0.1) is 11.8 Å². The lowest BCUT2D eigenvalue weighted by Crippen LogP contribution is -2.36. The molecule has 4 unspecified atom stereocenters. The minimum atomic E-state index is -0.741. The fourth-order valence-corrected chi connectivity index (χ4v) is 14.8. The van der Waals surface area contributed by atoms with Crippen molar-refractivity contribution in [1.29, 1.82) is 0 Å². The highest BCUT2D eigenvalue weighted by molar-refractivity contribution is 6.19. The lowest BCUT2D eigenvalue weighted by molar-refractivity contribution is -0.138. The molecule has 17 nitrogen and oxygen atoms in total. The number of anilines is 2. The number of carbonyl (C=O) groups excluding carboxylic acids is 3. The normalized spacial score (nSPS) is 16.3. The van der Waals surface area contributed by atoms with Crippen molar-refractivity contribution in [2.45, 2.75) is 35.8 Å². The first-order valence-electron chi connectivity index (χ1n) is 33.4. The Morgan fingerprint density at radius 1 is 0.455 bits per heavy atom. The number of nitrogens with two attached hydrogens (primary N) is 1. The lowest BCUT2D eigenvalue weighted by atomic mass is 9.77. The number of amides is 3. The first-order valence-corrected chi connectivity index (χ1v) is 33.4. The number of nitrogens with one attached hydrogen (secondary N) is 5. The number of aliphatic carboxylic acids is 1. The Balaban J connectivity index is 0.000000131. The summed E-state index contributed by atoms with van der Waals surface area (Å²) >= 11 is 0. The molecule has 4 aromatic heterocycles. The van der Waals surface area contributed by atoms with Crippen LogP contribution in [0.15, 0.2) is 302 Å². The molecule has 492 valence electrons. The molecule has 18 rings (SSSR count). The number of hydrogen-bond donors (Lipinski definition) is 7. The molecule has 8 N–H and O–H groups in total. The number of hydrazone groups is 2. The second-order valence-corrected chi connectivity index (χ2v) is 25.6. The summed E-state index contributed by atoms with van der Waals surface area (Å²) in [7, 11) is 0. The molecule has 4 atom stereocenters. The fraction of sp³-hybridized carbons (Fsp3) is 0.0952. The van der Waals surface area contributed by atoms with Gasteiger partial charge in [0.15, 0.2) is 0 Å². The highest BCUT2D eigenvalue weighted by Gasteiger charge is 2.49. The van der Waals surface area contributed by atoms with Crippen molar-refractivity contribution in [1.82, 2.24) is 39.9 Å². The molecule has 2 saturated carbocycles. The first kappa shape index (κ1) is 62.5. The molecule has 0 spiro atoms. The predicted molar refractivity (Wildman–Crippen MR) is 394 cm³/mol. The van der Waals surface area contributed by atoms with E-state index in [4.69, 9.17) is 10.7 Å². The minimum Gasteiger partial charge on any atom is -0.481 e. The van der Waals surface area contributed by atoms with Crippen molar-refractivity contribution >= 4 is 69.3 Å². The number of rotatable bonds is 15. The number of carboxylic acid groups (broad SMARTS) is 1. The van der Waals surface area contributed by atoms with Crippen molar-refractivity contribution in [2.24, 2.45) is 22.0 Å². The molecule has 0 radical (unpaired) electrons. The smallest absolute Gasteiger partial charge is 0.307 e. The van der Waals surface area contributed by atoms with E-state index < -0.39 is 17.0 Å². The van der Waals surface area contributed by atoms with Crippen LogP contribution in [0.1, 0.15) is 101 Å². The average molecular weight is 1320 g/mol. The van der Waals surface area contributed by atoms with Crippen LogP contribution in [0.5, 0.6) is 0 Å². The fourth-order valence-electron chi connectivity index (χ4n) is 14.8. The predicted octanol–water partition coefficient (Wildman–Crippen LogP) is 15.1. The van der Waals surface area contributed by atoms with Gasteiger partial charge in [-0.25, -0.2) is 20.8 Å². The topological polar surface area (TPSA) is 243 Å². The van der Waals surface area contributed by atoms with E-state index in [0.29, 0.717) is 35.3 Å². The summed E-state index contributed by atoms with van der Waals surface area (Å²) in [5, 5.41) is 22.2. The lowest BCUT2D eigenvalue weighted by Gasteiger charge is -2.37. The van der Waals surface area contributed by atoms with E-state index in [0.717, 1.165) is 100 Å². The maximum absolute atomic E-state index is 13.7. The summed E-state index contributed by atoms with van der Waals surface area (Å²) in [6.07, 6.45) is 12.6. The Morgan fingerprint density at radius 2 is 0.802 bits per heavy atom. The van der Waals surface area contributed by atoms with Gasteiger partial charge in [0.2, 0.25) is 5.91 Å². The molecule has 0 bridgehead atoms. The minimum absolute atomic E-state index is 0.0104. The Hall–Kier alpha value is -13.3. The number of nitrogens with zero attached hydrogens (tertiary/aromatic N) is 6. The molecule has 10 aromatic carbocycles. The summed E-state index contributed by atoms with van der Waals surface area (Å²) in [6.45, 7) is 0. The first-order chi connectivity index (χ1) is 49.6. The van der Waals surface area contributed by atoms with E-state index in [2.05, 4.69) is 202 Å². The summed E-state index contributed by atoms with van der Waals surface area (Å²) in [5.41, 5.74) is 27.3. The molecule has 2 fully saturated rings. The van der Waals surface area contributed by atoms with Crippen molar-refractivity contribution < 1.29 is 24.3 Å². The van der Waals surface area contributed by atoms with E-state index in [9.17, 15) is 24.3 Å². The van der Waals surface area contributed by atoms with E-state index in [-0.39, 0.29) is 41.4 Å². The third-order valence-electron chi connectivity index (χ3n) is 19.6. The molecule has 0 saturated heterocycles. The zero-order valence-corrected chi connectivity index (χ0v) is 54.4. The summed E-state index contributed by atoms with van der Waals surface area (Å²) in [5.74, 6) is -2.03. The molecule has 14 aromatic rings. The third kappa shape index (κ3) is 11.5. The van der Waals surface area contributed by atoms with Crippen LogP contribution in [0.2, 0.25) is 0 Å². The number of benzene rings is 10. The van der Waals surface area contributed by atoms with E-state index in [1.165, 1.54) is 0 Å². The number of hydrogen-bond acceptors (Lipinski definition) is 9. The van der Waals surface area contributed by atoms with Crippen molar-refractivity contribution in [3.63, 3.8) is 0 Å². The van der Waals surface area contributed by atoms with Gasteiger partial charge in [-0.15, -0.1) is 0 Å². The maximum atomic E-state index is 13.7. The molecule has 101 heavy (non-hydrogen) atoms.